The second-order valence-corrected chi connectivity index (χ2v) is 9.38. The molecule has 0 aliphatic rings. The summed E-state index contributed by atoms with van der Waals surface area (Å²) in [6.07, 6.45) is 0. The van der Waals surface area contributed by atoms with Crippen LogP contribution in [0.2, 0.25) is 15.1 Å². The molecule has 0 saturated carbocycles. The lowest BCUT2D eigenvalue weighted by Gasteiger charge is -2.11. The Balaban J connectivity index is 1.60. The number of hydrogen-bond acceptors (Lipinski definition) is 5. The fourth-order valence-electron chi connectivity index (χ4n) is 2.63. The van der Waals surface area contributed by atoms with E-state index in [1.54, 1.807) is 24.3 Å². The van der Waals surface area contributed by atoms with Gasteiger partial charge in [0.05, 0.1) is 22.7 Å². The SMILES string of the molecule is COc1ccc(NS(=O)(=O)c2ccc(OCC(=O)Nc3cc(Cl)cc(Cl)c3)cc2)cc1Cl. The Hall–Kier alpha value is -2.65. The van der Waals surface area contributed by atoms with Crippen molar-refractivity contribution < 1.29 is 22.7 Å². The molecule has 3 rings (SSSR count). The lowest BCUT2D eigenvalue weighted by molar-refractivity contribution is -0.118. The van der Waals surface area contributed by atoms with Crippen LogP contribution in [0.3, 0.4) is 0 Å². The molecule has 3 aromatic rings. The Bertz CT molecular complexity index is 1210. The van der Waals surface area contributed by atoms with Crippen LogP contribution in [0.1, 0.15) is 0 Å². The Morgan fingerprint density at radius 1 is 0.906 bits per heavy atom. The third kappa shape index (κ3) is 6.43. The highest BCUT2D eigenvalue weighted by Crippen LogP contribution is 2.28. The predicted octanol–water partition coefficient (Wildman–Crippen LogP) is 5.47. The monoisotopic (exact) mass is 514 g/mol. The van der Waals surface area contributed by atoms with E-state index in [1.165, 1.54) is 43.5 Å². The van der Waals surface area contributed by atoms with Gasteiger partial charge in [-0.15, -0.1) is 0 Å². The van der Waals surface area contributed by atoms with Crippen LogP contribution in [0.25, 0.3) is 0 Å². The van der Waals surface area contributed by atoms with Gasteiger partial charge in [0, 0.05) is 15.7 Å². The van der Waals surface area contributed by atoms with Crippen molar-refractivity contribution in [3.8, 4) is 11.5 Å². The fourth-order valence-corrected chi connectivity index (χ4v) is 4.46. The Kier molecular flexibility index (Phi) is 7.73. The molecule has 0 heterocycles. The van der Waals surface area contributed by atoms with E-state index >= 15 is 0 Å². The van der Waals surface area contributed by atoms with Crippen molar-refractivity contribution in [3.05, 3.63) is 75.7 Å². The van der Waals surface area contributed by atoms with Crippen LogP contribution in [0, 0.1) is 0 Å². The molecule has 0 aliphatic heterocycles. The van der Waals surface area contributed by atoms with Crippen LogP contribution in [0.5, 0.6) is 11.5 Å². The van der Waals surface area contributed by atoms with Gasteiger partial charge in [-0.05, 0) is 60.7 Å². The predicted molar refractivity (Wildman–Crippen MR) is 126 cm³/mol. The maximum absolute atomic E-state index is 12.6. The Morgan fingerprint density at radius 2 is 1.56 bits per heavy atom. The zero-order valence-electron chi connectivity index (χ0n) is 16.6. The number of nitrogens with one attached hydrogen (secondary N) is 2. The van der Waals surface area contributed by atoms with Crippen molar-refractivity contribution in [2.45, 2.75) is 4.90 Å². The van der Waals surface area contributed by atoms with Gasteiger partial charge in [0.25, 0.3) is 15.9 Å². The van der Waals surface area contributed by atoms with Gasteiger partial charge in [-0.1, -0.05) is 34.8 Å². The Labute approximate surface area is 200 Å². The van der Waals surface area contributed by atoms with Crippen molar-refractivity contribution in [2.75, 3.05) is 23.8 Å². The first-order chi connectivity index (χ1) is 15.2. The molecule has 168 valence electrons. The molecule has 1 amide bonds. The van der Waals surface area contributed by atoms with E-state index in [2.05, 4.69) is 10.0 Å². The van der Waals surface area contributed by atoms with E-state index in [0.29, 0.717) is 27.2 Å². The first kappa shape index (κ1) is 24.0. The lowest BCUT2D eigenvalue weighted by atomic mass is 10.3. The highest BCUT2D eigenvalue weighted by molar-refractivity contribution is 7.92. The van der Waals surface area contributed by atoms with Crippen LogP contribution >= 0.6 is 34.8 Å². The van der Waals surface area contributed by atoms with Crippen LogP contribution < -0.4 is 19.5 Å². The number of benzene rings is 3. The van der Waals surface area contributed by atoms with E-state index < -0.39 is 15.9 Å². The topological polar surface area (TPSA) is 93.7 Å². The zero-order chi connectivity index (χ0) is 23.3. The van der Waals surface area contributed by atoms with Gasteiger partial charge in [0.2, 0.25) is 0 Å². The maximum atomic E-state index is 12.6. The van der Waals surface area contributed by atoms with Crippen molar-refractivity contribution >= 4 is 62.1 Å². The zero-order valence-corrected chi connectivity index (χ0v) is 19.6. The van der Waals surface area contributed by atoms with Crippen molar-refractivity contribution in [1.29, 1.82) is 0 Å². The van der Waals surface area contributed by atoms with Crippen molar-refractivity contribution in [3.63, 3.8) is 0 Å². The standard InChI is InChI=1S/C21H17Cl3N2O5S/c1-30-20-7-2-15(11-19(20)24)26-32(28,29)18-5-3-17(4-6-18)31-12-21(27)25-16-9-13(22)8-14(23)10-16/h2-11,26H,12H2,1H3,(H,25,27). The summed E-state index contributed by atoms with van der Waals surface area (Å²) >= 11 is 17.8. The molecule has 0 atom stereocenters. The largest absolute Gasteiger partial charge is 0.495 e. The van der Waals surface area contributed by atoms with Gasteiger partial charge >= 0.3 is 0 Å². The number of carbonyl (C=O) groups excluding carboxylic acids is 1. The third-order valence-electron chi connectivity index (χ3n) is 4.05. The fraction of sp³-hybridized carbons (Fsp3) is 0.0952. The first-order valence-corrected chi connectivity index (χ1v) is 11.6. The molecule has 2 N–H and O–H groups in total. The third-order valence-corrected chi connectivity index (χ3v) is 6.18. The second-order valence-electron chi connectivity index (χ2n) is 6.42. The minimum absolute atomic E-state index is 0.00908. The first-order valence-electron chi connectivity index (χ1n) is 9.01. The molecule has 32 heavy (non-hydrogen) atoms. The van der Waals surface area contributed by atoms with Gasteiger partial charge in [-0.2, -0.15) is 0 Å². The number of sulfonamides is 1. The number of ether oxygens (including phenoxy) is 2. The molecule has 7 nitrogen and oxygen atoms in total. The molecular weight excluding hydrogens is 499 g/mol. The molecule has 11 heteroatoms. The summed E-state index contributed by atoms with van der Waals surface area (Å²) in [4.78, 5) is 12.1. The molecule has 0 bridgehead atoms. The van der Waals surface area contributed by atoms with Gasteiger partial charge in [-0.3, -0.25) is 9.52 Å². The average molecular weight is 516 g/mol. The number of hydrogen-bond donors (Lipinski definition) is 2. The molecule has 0 radical (unpaired) electrons. The van der Waals surface area contributed by atoms with Gasteiger partial charge in [0.1, 0.15) is 11.5 Å². The summed E-state index contributed by atoms with van der Waals surface area (Å²) in [6.45, 7) is -0.293. The number of anilines is 2. The van der Waals surface area contributed by atoms with Crippen LogP contribution in [0.4, 0.5) is 11.4 Å². The van der Waals surface area contributed by atoms with Crippen LogP contribution in [0.15, 0.2) is 65.6 Å². The lowest BCUT2D eigenvalue weighted by Crippen LogP contribution is -2.20. The van der Waals surface area contributed by atoms with E-state index in [1.807, 2.05) is 0 Å². The second kappa shape index (κ2) is 10.3. The van der Waals surface area contributed by atoms with Gasteiger partial charge in [0.15, 0.2) is 6.61 Å². The van der Waals surface area contributed by atoms with E-state index in [9.17, 15) is 13.2 Å². The Morgan fingerprint density at radius 3 is 2.16 bits per heavy atom. The van der Waals surface area contributed by atoms with Gasteiger partial charge in [-0.25, -0.2) is 8.42 Å². The van der Waals surface area contributed by atoms with E-state index in [-0.39, 0.29) is 22.2 Å². The summed E-state index contributed by atoms with van der Waals surface area (Å²) in [7, 11) is -2.39. The van der Waals surface area contributed by atoms with Crippen LogP contribution in [-0.2, 0) is 14.8 Å². The maximum Gasteiger partial charge on any atom is 0.262 e. The number of methoxy groups -OCH3 is 1. The molecule has 0 aromatic heterocycles. The quantitative estimate of drug-likeness (QED) is 0.415. The number of rotatable bonds is 8. The molecule has 0 spiro atoms. The minimum atomic E-state index is -3.86. The van der Waals surface area contributed by atoms with Gasteiger partial charge < -0.3 is 14.8 Å². The molecular formula is C21H17Cl3N2O5S. The van der Waals surface area contributed by atoms with E-state index in [0.717, 1.165) is 0 Å². The number of amides is 1. The number of carbonyl (C=O) groups is 1. The average Bonchev–Trinajstić information content (AvgIpc) is 2.72. The smallest absolute Gasteiger partial charge is 0.262 e. The summed E-state index contributed by atoms with van der Waals surface area (Å²) < 4.78 is 38.1. The molecule has 0 unspecified atom stereocenters. The highest BCUT2D eigenvalue weighted by atomic mass is 35.5. The summed E-state index contributed by atoms with van der Waals surface area (Å²) in [5, 5.41) is 3.65. The number of halogens is 3. The van der Waals surface area contributed by atoms with Crippen LogP contribution in [-0.4, -0.2) is 28.0 Å². The molecule has 3 aromatic carbocycles. The van der Waals surface area contributed by atoms with E-state index in [4.69, 9.17) is 44.3 Å². The highest BCUT2D eigenvalue weighted by Gasteiger charge is 2.15. The minimum Gasteiger partial charge on any atom is -0.495 e. The summed E-state index contributed by atoms with van der Waals surface area (Å²) in [5.74, 6) is 0.312. The normalized spacial score (nSPS) is 11.0. The molecule has 0 fully saturated rings. The van der Waals surface area contributed by atoms with Crippen molar-refractivity contribution in [1.82, 2.24) is 0 Å². The van der Waals surface area contributed by atoms with Crippen molar-refractivity contribution in [2.24, 2.45) is 0 Å². The molecule has 0 aliphatic carbocycles. The summed E-state index contributed by atoms with van der Waals surface area (Å²) in [6, 6.07) is 14.8. The molecule has 0 saturated heterocycles. The summed E-state index contributed by atoms with van der Waals surface area (Å²) in [5.41, 5.74) is 0.719.